The van der Waals surface area contributed by atoms with E-state index < -0.39 is 6.10 Å². The Labute approximate surface area is 137 Å². The van der Waals surface area contributed by atoms with Gasteiger partial charge in [-0.25, -0.2) is 0 Å². The third-order valence-electron chi connectivity index (χ3n) is 2.78. The Kier molecular flexibility index (Phi) is 5.22. The monoisotopic (exact) mass is 450 g/mol. The molecule has 0 saturated carbocycles. The van der Waals surface area contributed by atoms with Crippen LogP contribution in [0.3, 0.4) is 0 Å². The number of benzene rings is 1. The van der Waals surface area contributed by atoms with Crippen LogP contribution in [0.2, 0.25) is 0 Å². The van der Waals surface area contributed by atoms with E-state index in [1.54, 1.807) is 6.20 Å². The van der Waals surface area contributed by atoms with Gasteiger partial charge in [0.25, 0.3) is 0 Å². The number of aromatic nitrogens is 2. The van der Waals surface area contributed by atoms with Crippen molar-refractivity contribution in [2.75, 3.05) is 0 Å². The van der Waals surface area contributed by atoms with Crippen molar-refractivity contribution < 1.29 is 5.11 Å². The Morgan fingerprint density at radius 2 is 2.00 bits per heavy atom. The van der Waals surface area contributed by atoms with Crippen LogP contribution in [0, 0.1) is 0 Å². The average molecular weight is 453 g/mol. The fourth-order valence-electron chi connectivity index (χ4n) is 1.91. The van der Waals surface area contributed by atoms with Crippen LogP contribution in [0.4, 0.5) is 0 Å². The molecule has 1 N–H and O–H groups in total. The molecule has 6 heteroatoms. The first-order valence-electron chi connectivity index (χ1n) is 5.88. The normalized spacial score (nSPS) is 12.7. The van der Waals surface area contributed by atoms with Crippen molar-refractivity contribution in [3.63, 3.8) is 0 Å². The Hall–Kier alpha value is -0.170. The number of hydrogen-bond acceptors (Lipinski definition) is 2. The topological polar surface area (TPSA) is 38.0 Å². The van der Waals surface area contributed by atoms with Crippen molar-refractivity contribution in [2.45, 2.75) is 26.0 Å². The lowest BCUT2D eigenvalue weighted by atomic mass is 10.1. The lowest BCUT2D eigenvalue weighted by molar-refractivity contribution is 0.205. The number of nitrogens with zero attached hydrogens (tertiary/aromatic N) is 2. The number of hydrogen-bond donors (Lipinski definition) is 1. The van der Waals surface area contributed by atoms with Crippen LogP contribution in [0.1, 0.15) is 30.7 Å². The lowest BCUT2D eigenvalue weighted by Crippen LogP contribution is -2.11. The first-order valence-corrected chi connectivity index (χ1v) is 8.26. The van der Waals surface area contributed by atoms with E-state index in [2.05, 4.69) is 59.8 Å². The summed E-state index contributed by atoms with van der Waals surface area (Å²) in [6.45, 7) is 2.87. The fourth-order valence-corrected chi connectivity index (χ4v) is 3.26. The first kappa shape index (κ1) is 15.2. The van der Waals surface area contributed by atoms with Gasteiger partial charge in [-0.1, -0.05) is 38.8 Å². The minimum Gasteiger partial charge on any atom is -0.382 e. The number of aryl methyl sites for hydroxylation is 1. The second-order valence-electron chi connectivity index (χ2n) is 4.17. The van der Waals surface area contributed by atoms with Gasteiger partial charge in [-0.2, -0.15) is 5.10 Å². The van der Waals surface area contributed by atoms with Crippen LogP contribution in [-0.4, -0.2) is 14.9 Å². The van der Waals surface area contributed by atoms with E-state index in [1.165, 1.54) is 0 Å². The molecule has 1 aromatic heterocycles. The SMILES string of the molecule is CCCn1ncc(Br)c1C(O)c1cc(Br)ccc1Br. The molecule has 2 aromatic rings. The predicted molar refractivity (Wildman–Crippen MR) is 86.1 cm³/mol. The molecule has 0 amide bonds. The van der Waals surface area contributed by atoms with Crippen molar-refractivity contribution in [2.24, 2.45) is 0 Å². The highest BCUT2D eigenvalue weighted by Crippen LogP contribution is 2.34. The summed E-state index contributed by atoms with van der Waals surface area (Å²) in [5.74, 6) is 0. The number of aliphatic hydroxyl groups excluding tert-OH is 1. The average Bonchev–Trinajstić information content (AvgIpc) is 2.73. The van der Waals surface area contributed by atoms with Gasteiger partial charge in [0.1, 0.15) is 6.10 Å². The molecule has 0 saturated heterocycles. The predicted octanol–water partition coefficient (Wildman–Crippen LogP) is 4.66. The largest absolute Gasteiger partial charge is 0.382 e. The van der Waals surface area contributed by atoms with Crippen molar-refractivity contribution >= 4 is 47.8 Å². The first-order chi connectivity index (χ1) is 9.04. The van der Waals surface area contributed by atoms with Gasteiger partial charge < -0.3 is 5.11 Å². The molecular weight excluding hydrogens is 440 g/mol. The van der Waals surface area contributed by atoms with Crippen molar-refractivity contribution in [1.29, 1.82) is 0 Å². The molecule has 1 aromatic carbocycles. The van der Waals surface area contributed by atoms with Crippen LogP contribution in [0.5, 0.6) is 0 Å². The Balaban J connectivity index is 2.46. The molecule has 102 valence electrons. The zero-order valence-electron chi connectivity index (χ0n) is 10.3. The summed E-state index contributed by atoms with van der Waals surface area (Å²) in [4.78, 5) is 0. The van der Waals surface area contributed by atoms with Gasteiger partial charge in [0.15, 0.2) is 0 Å². The van der Waals surface area contributed by atoms with Crippen molar-refractivity contribution in [1.82, 2.24) is 9.78 Å². The van der Waals surface area contributed by atoms with Crippen LogP contribution < -0.4 is 0 Å². The number of aliphatic hydroxyl groups is 1. The summed E-state index contributed by atoms with van der Waals surface area (Å²) in [6, 6.07) is 5.75. The van der Waals surface area contributed by atoms with E-state index in [9.17, 15) is 5.11 Å². The van der Waals surface area contributed by atoms with Crippen molar-refractivity contribution in [3.05, 3.63) is 49.1 Å². The van der Waals surface area contributed by atoms with Crippen molar-refractivity contribution in [3.8, 4) is 0 Å². The molecule has 19 heavy (non-hydrogen) atoms. The Bertz CT molecular complexity index is 583. The second-order valence-corrected chi connectivity index (χ2v) is 6.79. The maximum atomic E-state index is 10.6. The van der Waals surface area contributed by atoms with Crippen LogP contribution >= 0.6 is 47.8 Å². The maximum Gasteiger partial charge on any atom is 0.123 e. The third-order valence-corrected chi connectivity index (χ3v) is 4.61. The summed E-state index contributed by atoms with van der Waals surface area (Å²) in [7, 11) is 0. The van der Waals surface area contributed by atoms with E-state index in [0.717, 1.165) is 37.6 Å². The van der Waals surface area contributed by atoms with Crippen LogP contribution in [0.15, 0.2) is 37.8 Å². The molecule has 1 unspecified atom stereocenters. The Morgan fingerprint density at radius 3 is 2.68 bits per heavy atom. The molecule has 0 aliphatic carbocycles. The smallest absolute Gasteiger partial charge is 0.123 e. The van der Waals surface area contributed by atoms with Gasteiger partial charge in [0.2, 0.25) is 0 Å². The van der Waals surface area contributed by atoms with E-state index in [1.807, 2.05) is 22.9 Å². The third kappa shape index (κ3) is 3.29. The summed E-state index contributed by atoms with van der Waals surface area (Å²) in [5.41, 5.74) is 1.59. The molecule has 3 nitrogen and oxygen atoms in total. The number of halogens is 3. The number of rotatable bonds is 4. The van der Waals surface area contributed by atoms with E-state index >= 15 is 0 Å². The lowest BCUT2D eigenvalue weighted by Gasteiger charge is -2.16. The quantitative estimate of drug-likeness (QED) is 0.732. The molecular formula is C13H13Br3N2O. The van der Waals surface area contributed by atoms with Crippen LogP contribution in [0.25, 0.3) is 0 Å². The molecule has 0 radical (unpaired) electrons. The molecule has 2 rings (SSSR count). The zero-order valence-corrected chi connectivity index (χ0v) is 15.0. The minimum atomic E-state index is -0.727. The second kappa shape index (κ2) is 6.52. The molecule has 0 spiro atoms. The van der Waals surface area contributed by atoms with Gasteiger partial charge in [0.05, 0.1) is 16.4 Å². The summed E-state index contributed by atoms with van der Waals surface area (Å²) >= 11 is 10.4. The highest BCUT2D eigenvalue weighted by atomic mass is 79.9. The van der Waals surface area contributed by atoms with Crippen LogP contribution in [-0.2, 0) is 6.54 Å². The van der Waals surface area contributed by atoms with E-state index in [-0.39, 0.29) is 0 Å². The fraction of sp³-hybridized carbons (Fsp3) is 0.308. The van der Waals surface area contributed by atoms with Gasteiger partial charge in [-0.15, -0.1) is 0 Å². The molecule has 0 aliphatic rings. The van der Waals surface area contributed by atoms with Gasteiger partial charge in [0, 0.05) is 21.1 Å². The zero-order chi connectivity index (χ0) is 14.0. The van der Waals surface area contributed by atoms with E-state index in [0.29, 0.717) is 0 Å². The Morgan fingerprint density at radius 1 is 1.26 bits per heavy atom. The molecule has 1 heterocycles. The molecule has 0 aliphatic heterocycles. The summed E-state index contributed by atoms with van der Waals surface area (Å²) in [5, 5.41) is 14.9. The van der Waals surface area contributed by atoms with Gasteiger partial charge >= 0.3 is 0 Å². The highest BCUT2D eigenvalue weighted by Gasteiger charge is 2.21. The molecule has 0 fully saturated rings. The van der Waals surface area contributed by atoms with Gasteiger partial charge in [-0.05, 0) is 40.5 Å². The molecule has 1 atom stereocenters. The highest BCUT2D eigenvalue weighted by molar-refractivity contribution is 9.11. The summed E-state index contributed by atoms with van der Waals surface area (Å²) < 4.78 is 4.46. The van der Waals surface area contributed by atoms with E-state index in [4.69, 9.17) is 0 Å². The van der Waals surface area contributed by atoms with Gasteiger partial charge in [-0.3, -0.25) is 4.68 Å². The standard InChI is InChI=1S/C13H13Br3N2O/c1-2-5-18-12(11(16)7-17-18)13(19)9-6-8(14)3-4-10(9)15/h3-4,6-7,13,19H,2,5H2,1H3. The maximum absolute atomic E-state index is 10.6. The minimum absolute atomic E-state index is 0.727. The molecule has 0 bridgehead atoms. The summed E-state index contributed by atoms with van der Waals surface area (Å²) in [6.07, 6.45) is 1.96.